The lowest BCUT2D eigenvalue weighted by atomic mass is 10.1. The Bertz CT molecular complexity index is 787. The van der Waals surface area contributed by atoms with Crippen LogP contribution in [0.3, 0.4) is 0 Å². The van der Waals surface area contributed by atoms with Crippen LogP contribution < -0.4 is 10.2 Å². The highest BCUT2D eigenvalue weighted by molar-refractivity contribution is 5.94. The van der Waals surface area contributed by atoms with Crippen molar-refractivity contribution in [1.29, 1.82) is 0 Å². The lowest BCUT2D eigenvalue weighted by Gasteiger charge is -2.26. The zero-order valence-electron chi connectivity index (χ0n) is 15.7. The van der Waals surface area contributed by atoms with Gasteiger partial charge in [0.05, 0.1) is 18.8 Å². The fourth-order valence-corrected chi connectivity index (χ4v) is 3.83. The summed E-state index contributed by atoms with van der Waals surface area (Å²) in [7, 11) is 0. The number of para-hydroxylation sites is 1. The average molecular weight is 366 g/mol. The molecule has 2 aromatic rings. The maximum Gasteiger partial charge on any atom is 0.252 e. The summed E-state index contributed by atoms with van der Waals surface area (Å²) < 4.78 is 5.34. The van der Waals surface area contributed by atoms with E-state index in [0.29, 0.717) is 18.2 Å². The number of morpholine rings is 1. The van der Waals surface area contributed by atoms with Gasteiger partial charge in [-0.1, -0.05) is 18.2 Å². The van der Waals surface area contributed by atoms with E-state index < -0.39 is 0 Å². The molecule has 0 radical (unpaired) electrons. The van der Waals surface area contributed by atoms with Crippen molar-refractivity contribution in [3.05, 3.63) is 53.7 Å². The van der Waals surface area contributed by atoms with Gasteiger partial charge in [-0.15, -0.1) is 0 Å². The Morgan fingerprint density at radius 1 is 1.22 bits per heavy atom. The molecule has 0 aliphatic carbocycles. The maximum atomic E-state index is 12.4. The Morgan fingerprint density at radius 3 is 2.81 bits per heavy atom. The van der Waals surface area contributed by atoms with Crippen LogP contribution in [0.15, 0.2) is 42.6 Å². The maximum absolute atomic E-state index is 12.4. The minimum Gasteiger partial charge on any atom is -0.379 e. The van der Waals surface area contributed by atoms with Crippen LogP contribution in [0, 0.1) is 0 Å². The zero-order valence-corrected chi connectivity index (χ0v) is 15.7. The van der Waals surface area contributed by atoms with Crippen LogP contribution in [-0.2, 0) is 11.2 Å². The van der Waals surface area contributed by atoms with Crippen molar-refractivity contribution in [2.24, 2.45) is 0 Å². The summed E-state index contributed by atoms with van der Waals surface area (Å²) in [5.74, 6) is 0.814. The van der Waals surface area contributed by atoms with Crippen molar-refractivity contribution in [3.8, 4) is 0 Å². The molecule has 2 aliphatic rings. The lowest BCUT2D eigenvalue weighted by Crippen LogP contribution is -2.41. The number of ether oxygens (including phenoxy) is 1. The topological polar surface area (TPSA) is 57.7 Å². The van der Waals surface area contributed by atoms with Gasteiger partial charge in [-0.2, -0.15) is 0 Å². The minimum atomic E-state index is -0.0721. The van der Waals surface area contributed by atoms with E-state index in [1.807, 2.05) is 12.1 Å². The summed E-state index contributed by atoms with van der Waals surface area (Å²) in [6, 6.07) is 12.6. The van der Waals surface area contributed by atoms with Gasteiger partial charge in [-0.25, -0.2) is 4.98 Å². The van der Waals surface area contributed by atoms with Crippen LogP contribution in [0.1, 0.15) is 22.8 Å². The van der Waals surface area contributed by atoms with Crippen molar-refractivity contribution in [3.63, 3.8) is 0 Å². The molecule has 142 valence electrons. The molecule has 1 saturated heterocycles. The first kappa shape index (κ1) is 17.9. The number of benzene rings is 1. The van der Waals surface area contributed by atoms with Gasteiger partial charge >= 0.3 is 0 Å². The van der Waals surface area contributed by atoms with Crippen molar-refractivity contribution in [2.75, 3.05) is 44.3 Å². The summed E-state index contributed by atoms with van der Waals surface area (Å²) in [5.41, 5.74) is 3.15. The van der Waals surface area contributed by atoms with Crippen LogP contribution in [0.2, 0.25) is 0 Å². The van der Waals surface area contributed by atoms with E-state index in [-0.39, 0.29) is 5.91 Å². The number of hydrogen-bond acceptors (Lipinski definition) is 5. The monoisotopic (exact) mass is 366 g/mol. The SMILES string of the molecule is CC1Cc2ccccc2N1c1ccc(C(=O)NCCN2CCOCC2)cn1. The smallest absolute Gasteiger partial charge is 0.252 e. The van der Waals surface area contributed by atoms with Gasteiger partial charge in [-0.05, 0) is 37.1 Å². The van der Waals surface area contributed by atoms with E-state index in [1.165, 1.54) is 11.3 Å². The molecule has 6 nitrogen and oxygen atoms in total. The van der Waals surface area contributed by atoms with Crippen molar-refractivity contribution in [1.82, 2.24) is 15.2 Å². The summed E-state index contributed by atoms with van der Waals surface area (Å²) in [5, 5.41) is 2.98. The van der Waals surface area contributed by atoms with E-state index in [0.717, 1.165) is 45.1 Å². The molecule has 1 aromatic heterocycles. The highest BCUT2D eigenvalue weighted by atomic mass is 16.5. The van der Waals surface area contributed by atoms with E-state index in [4.69, 9.17) is 4.74 Å². The number of pyridine rings is 1. The molecule has 2 aliphatic heterocycles. The number of nitrogens with one attached hydrogen (secondary N) is 1. The van der Waals surface area contributed by atoms with E-state index >= 15 is 0 Å². The van der Waals surface area contributed by atoms with Gasteiger partial charge in [-0.3, -0.25) is 9.69 Å². The van der Waals surface area contributed by atoms with Gasteiger partial charge < -0.3 is 15.0 Å². The standard InChI is InChI=1S/C21H26N4O2/c1-16-14-17-4-2-3-5-19(17)25(16)20-7-6-18(15-23-20)21(26)22-8-9-24-10-12-27-13-11-24/h2-7,15-16H,8-14H2,1H3,(H,22,26). The molecule has 1 atom stereocenters. The number of rotatable bonds is 5. The highest BCUT2D eigenvalue weighted by Crippen LogP contribution is 2.36. The third-order valence-electron chi connectivity index (χ3n) is 5.28. The highest BCUT2D eigenvalue weighted by Gasteiger charge is 2.27. The van der Waals surface area contributed by atoms with Crippen LogP contribution in [0.25, 0.3) is 0 Å². The number of carbonyl (C=O) groups excluding carboxylic acids is 1. The van der Waals surface area contributed by atoms with Crippen LogP contribution in [-0.4, -0.2) is 61.2 Å². The molecule has 4 rings (SSSR count). The number of amides is 1. The Labute approximate surface area is 160 Å². The fraction of sp³-hybridized carbons (Fsp3) is 0.429. The van der Waals surface area contributed by atoms with Gasteiger partial charge in [0.25, 0.3) is 5.91 Å². The van der Waals surface area contributed by atoms with Crippen LogP contribution >= 0.6 is 0 Å². The van der Waals surface area contributed by atoms with Crippen LogP contribution in [0.4, 0.5) is 11.5 Å². The van der Waals surface area contributed by atoms with Crippen molar-refractivity contribution >= 4 is 17.4 Å². The van der Waals surface area contributed by atoms with Crippen molar-refractivity contribution < 1.29 is 9.53 Å². The fourth-order valence-electron chi connectivity index (χ4n) is 3.83. The second-order valence-corrected chi connectivity index (χ2v) is 7.17. The summed E-state index contributed by atoms with van der Waals surface area (Å²) in [6.45, 7) is 7.10. The normalized spacial score (nSPS) is 19.7. The summed E-state index contributed by atoms with van der Waals surface area (Å²) in [4.78, 5) is 21.5. The number of carbonyl (C=O) groups is 1. The Balaban J connectivity index is 1.36. The lowest BCUT2D eigenvalue weighted by molar-refractivity contribution is 0.0383. The Kier molecular flexibility index (Phi) is 5.36. The largest absolute Gasteiger partial charge is 0.379 e. The quantitative estimate of drug-likeness (QED) is 0.879. The molecule has 0 spiro atoms. The second-order valence-electron chi connectivity index (χ2n) is 7.17. The van der Waals surface area contributed by atoms with E-state index in [1.54, 1.807) is 6.20 Å². The Morgan fingerprint density at radius 2 is 2.04 bits per heavy atom. The molecule has 3 heterocycles. The molecular weight excluding hydrogens is 340 g/mol. The van der Waals surface area contributed by atoms with Gasteiger partial charge in [0.1, 0.15) is 5.82 Å². The van der Waals surface area contributed by atoms with E-state index in [2.05, 4.69) is 51.3 Å². The van der Waals surface area contributed by atoms with Gasteiger partial charge in [0.2, 0.25) is 0 Å². The molecule has 0 saturated carbocycles. The molecule has 6 heteroatoms. The molecule has 27 heavy (non-hydrogen) atoms. The number of nitrogens with zero attached hydrogens (tertiary/aromatic N) is 3. The first-order valence-corrected chi connectivity index (χ1v) is 9.64. The second kappa shape index (κ2) is 8.06. The summed E-state index contributed by atoms with van der Waals surface area (Å²) >= 11 is 0. The molecule has 1 amide bonds. The number of fused-ring (bicyclic) bond motifs is 1. The van der Waals surface area contributed by atoms with Gasteiger partial charge in [0, 0.05) is 44.1 Å². The third kappa shape index (κ3) is 3.96. The van der Waals surface area contributed by atoms with Crippen LogP contribution in [0.5, 0.6) is 0 Å². The number of hydrogen-bond donors (Lipinski definition) is 1. The van der Waals surface area contributed by atoms with E-state index in [9.17, 15) is 4.79 Å². The van der Waals surface area contributed by atoms with Gasteiger partial charge in [0.15, 0.2) is 0 Å². The number of anilines is 2. The zero-order chi connectivity index (χ0) is 18.6. The molecular formula is C21H26N4O2. The molecule has 1 fully saturated rings. The molecule has 0 bridgehead atoms. The molecule has 1 aromatic carbocycles. The first-order chi connectivity index (χ1) is 13.2. The predicted molar refractivity (Wildman–Crippen MR) is 106 cm³/mol. The minimum absolute atomic E-state index is 0.0721. The summed E-state index contributed by atoms with van der Waals surface area (Å²) in [6.07, 6.45) is 2.69. The number of aromatic nitrogens is 1. The molecule has 1 unspecified atom stereocenters. The van der Waals surface area contributed by atoms with Crippen molar-refractivity contribution in [2.45, 2.75) is 19.4 Å². The predicted octanol–water partition coefficient (Wildman–Crippen LogP) is 2.23. The average Bonchev–Trinajstić information content (AvgIpc) is 3.04. The third-order valence-corrected chi connectivity index (χ3v) is 5.28. The molecule has 1 N–H and O–H groups in total. The first-order valence-electron chi connectivity index (χ1n) is 9.64. The Hall–Kier alpha value is -2.44.